The smallest absolute Gasteiger partial charge is 0.310 e. The van der Waals surface area contributed by atoms with E-state index in [1.807, 2.05) is 19.9 Å². The second kappa shape index (κ2) is 6.22. The molecule has 4 N–H and O–H groups in total. The summed E-state index contributed by atoms with van der Waals surface area (Å²) in [6.07, 6.45) is 0. The molecule has 2 atom stereocenters. The van der Waals surface area contributed by atoms with Crippen molar-refractivity contribution in [2.75, 3.05) is 11.9 Å². The summed E-state index contributed by atoms with van der Waals surface area (Å²) < 4.78 is 48.0. The number of nitrogens with one attached hydrogen (secondary N) is 2. The summed E-state index contributed by atoms with van der Waals surface area (Å²) >= 11 is 0. The third-order valence-corrected chi connectivity index (χ3v) is 4.49. The van der Waals surface area contributed by atoms with Crippen LogP contribution >= 0.6 is 0 Å². The first-order valence-electron chi connectivity index (χ1n) is 8.07. The van der Waals surface area contributed by atoms with Crippen LogP contribution in [0.15, 0.2) is 29.3 Å². The van der Waals surface area contributed by atoms with Crippen LogP contribution in [-0.4, -0.2) is 28.7 Å². The molecule has 9 heteroatoms. The zero-order valence-corrected chi connectivity index (χ0v) is 14.6. The Morgan fingerprint density at radius 1 is 1.35 bits per heavy atom. The molecule has 2 heterocycles. The lowest BCUT2D eigenvalue weighted by molar-refractivity contribution is -0.117. The van der Waals surface area contributed by atoms with E-state index in [0.29, 0.717) is 5.69 Å². The highest BCUT2D eigenvalue weighted by molar-refractivity contribution is 5.73. The number of H-pyrrole nitrogens is 1. The molecule has 26 heavy (non-hydrogen) atoms. The van der Waals surface area contributed by atoms with Crippen molar-refractivity contribution < 1.29 is 17.9 Å². The molecule has 140 valence electrons. The van der Waals surface area contributed by atoms with Gasteiger partial charge in [-0.2, -0.15) is 13.9 Å². The van der Waals surface area contributed by atoms with E-state index in [2.05, 4.69) is 25.2 Å². The SMILES string of the molecule is Cc1cc(C(C)Nc2ccc(F)c(C3(C)N=C(N)OCC3(F)F)c2)n[nH]1. The third-order valence-electron chi connectivity index (χ3n) is 4.49. The van der Waals surface area contributed by atoms with Crippen molar-refractivity contribution in [3.05, 3.63) is 47.0 Å². The molecule has 0 amide bonds. The number of ether oxygens (including phenoxy) is 1. The number of aliphatic imine (C=N–C) groups is 1. The number of aryl methyl sites for hydroxylation is 1. The van der Waals surface area contributed by atoms with Gasteiger partial charge in [-0.1, -0.05) is 0 Å². The van der Waals surface area contributed by atoms with Gasteiger partial charge in [0, 0.05) is 16.9 Å². The fraction of sp³-hybridized carbons (Fsp3) is 0.412. The standard InChI is InChI=1S/C17H20F3N5O/c1-9-6-14(25-24-9)10(2)22-11-4-5-13(18)12(7-11)16(3)17(19,20)8-26-15(21)23-16/h4-7,10,22H,8H2,1-3H3,(H2,21,23)(H,24,25). The summed E-state index contributed by atoms with van der Waals surface area (Å²) in [7, 11) is 0. The van der Waals surface area contributed by atoms with E-state index in [4.69, 9.17) is 5.73 Å². The molecule has 6 nitrogen and oxygen atoms in total. The molecular weight excluding hydrogens is 347 g/mol. The van der Waals surface area contributed by atoms with E-state index in [1.54, 1.807) is 0 Å². The molecule has 0 radical (unpaired) electrons. The normalized spacial score (nSPS) is 23.1. The van der Waals surface area contributed by atoms with E-state index >= 15 is 0 Å². The van der Waals surface area contributed by atoms with E-state index in [1.165, 1.54) is 12.1 Å². The molecule has 0 bridgehead atoms. The summed E-state index contributed by atoms with van der Waals surface area (Å²) in [6.45, 7) is 3.92. The van der Waals surface area contributed by atoms with Gasteiger partial charge in [-0.25, -0.2) is 9.38 Å². The van der Waals surface area contributed by atoms with Gasteiger partial charge in [-0.05, 0) is 45.0 Å². The Labute approximate surface area is 148 Å². The number of anilines is 1. The number of aromatic amines is 1. The zero-order chi connectivity index (χ0) is 19.1. The van der Waals surface area contributed by atoms with Crippen molar-refractivity contribution in [3.63, 3.8) is 0 Å². The minimum absolute atomic E-state index is 0.213. The summed E-state index contributed by atoms with van der Waals surface area (Å²) in [6, 6.07) is 5.18. The van der Waals surface area contributed by atoms with Gasteiger partial charge in [0.2, 0.25) is 0 Å². The van der Waals surface area contributed by atoms with Crippen molar-refractivity contribution in [1.82, 2.24) is 10.2 Å². The van der Waals surface area contributed by atoms with Gasteiger partial charge in [-0.3, -0.25) is 5.10 Å². The van der Waals surface area contributed by atoms with Crippen LogP contribution in [0.5, 0.6) is 0 Å². The third kappa shape index (κ3) is 3.09. The maximum absolute atomic E-state index is 14.5. The van der Waals surface area contributed by atoms with Gasteiger partial charge in [0.1, 0.15) is 5.82 Å². The first-order chi connectivity index (χ1) is 12.1. The maximum atomic E-state index is 14.5. The Morgan fingerprint density at radius 2 is 2.08 bits per heavy atom. The summed E-state index contributed by atoms with van der Waals surface area (Å²) in [5, 5.41) is 10.1. The highest BCUT2D eigenvalue weighted by Crippen LogP contribution is 2.45. The monoisotopic (exact) mass is 367 g/mol. The number of rotatable bonds is 4. The first kappa shape index (κ1) is 18.1. The van der Waals surface area contributed by atoms with Crippen LogP contribution in [0.25, 0.3) is 0 Å². The Hall–Kier alpha value is -2.71. The molecule has 2 aromatic rings. The lowest BCUT2D eigenvalue weighted by Crippen LogP contribution is -2.51. The molecule has 1 aliphatic heterocycles. The fourth-order valence-corrected chi connectivity index (χ4v) is 2.87. The minimum atomic E-state index is -3.42. The zero-order valence-electron chi connectivity index (χ0n) is 14.6. The molecule has 0 spiro atoms. The molecule has 0 aliphatic carbocycles. The van der Waals surface area contributed by atoms with E-state index in [9.17, 15) is 13.2 Å². The Morgan fingerprint density at radius 3 is 2.73 bits per heavy atom. The molecular formula is C17H20F3N5O. The first-order valence-corrected chi connectivity index (χ1v) is 8.07. The van der Waals surface area contributed by atoms with Crippen molar-refractivity contribution in [3.8, 4) is 0 Å². The average Bonchev–Trinajstić information content (AvgIpc) is 3.00. The van der Waals surface area contributed by atoms with E-state index in [0.717, 1.165) is 24.4 Å². The molecule has 1 aliphatic rings. The second-order valence-corrected chi connectivity index (χ2v) is 6.55. The van der Waals surface area contributed by atoms with Crippen molar-refractivity contribution in [2.24, 2.45) is 10.7 Å². The molecule has 0 fully saturated rings. The second-order valence-electron chi connectivity index (χ2n) is 6.55. The molecule has 1 aromatic heterocycles. The van der Waals surface area contributed by atoms with E-state index < -0.39 is 29.9 Å². The lowest BCUT2D eigenvalue weighted by Gasteiger charge is -2.37. The van der Waals surface area contributed by atoms with Gasteiger partial charge in [0.15, 0.2) is 12.1 Å². The summed E-state index contributed by atoms with van der Waals surface area (Å²) in [4.78, 5) is 3.72. The fourth-order valence-electron chi connectivity index (χ4n) is 2.87. The molecule has 3 rings (SSSR count). The van der Waals surface area contributed by atoms with Gasteiger partial charge in [0.05, 0.1) is 11.7 Å². The summed E-state index contributed by atoms with van der Waals surface area (Å²) in [5.74, 6) is -4.21. The topological polar surface area (TPSA) is 88.3 Å². The lowest BCUT2D eigenvalue weighted by atomic mass is 9.85. The van der Waals surface area contributed by atoms with Crippen molar-refractivity contribution in [1.29, 1.82) is 0 Å². The predicted octanol–water partition coefficient (Wildman–Crippen LogP) is 3.23. The number of benzene rings is 1. The van der Waals surface area contributed by atoms with Gasteiger partial charge >= 0.3 is 5.92 Å². The highest BCUT2D eigenvalue weighted by Gasteiger charge is 2.56. The molecule has 1 aromatic carbocycles. The Balaban J connectivity index is 1.96. The average molecular weight is 367 g/mol. The maximum Gasteiger partial charge on any atom is 0.310 e. The van der Waals surface area contributed by atoms with Crippen LogP contribution in [0.4, 0.5) is 18.9 Å². The number of amidine groups is 1. The number of nitrogens with two attached hydrogens (primary N) is 1. The van der Waals surface area contributed by atoms with Crippen LogP contribution in [-0.2, 0) is 10.3 Å². The molecule has 0 saturated heterocycles. The number of halogens is 3. The predicted molar refractivity (Wildman–Crippen MR) is 91.6 cm³/mol. The molecule has 0 saturated carbocycles. The summed E-state index contributed by atoms with van der Waals surface area (Å²) in [5.41, 5.74) is 5.15. The van der Waals surface area contributed by atoms with Gasteiger partial charge < -0.3 is 15.8 Å². The van der Waals surface area contributed by atoms with Gasteiger partial charge in [-0.15, -0.1) is 0 Å². The van der Waals surface area contributed by atoms with Crippen LogP contribution < -0.4 is 11.1 Å². The van der Waals surface area contributed by atoms with E-state index in [-0.39, 0.29) is 11.6 Å². The highest BCUT2D eigenvalue weighted by atomic mass is 19.3. The van der Waals surface area contributed by atoms with Crippen LogP contribution in [0, 0.1) is 12.7 Å². The van der Waals surface area contributed by atoms with Crippen LogP contribution in [0.3, 0.4) is 0 Å². The van der Waals surface area contributed by atoms with Crippen molar-refractivity contribution in [2.45, 2.75) is 38.3 Å². The number of alkyl halides is 2. The number of hydrogen-bond donors (Lipinski definition) is 3. The quantitative estimate of drug-likeness (QED) is 0.774. The molecule has 2 unspecified atom stereocenters. The largest absolute Gasteiger partial charge is 0.459 e. The van der Waals surface area contributed by atoms with Crippen molar-refractivity contribution >= 4 is 11.7 Å². The Bertz CT molecular complexity index is 851. The van der Waals surface area contributed by atoms with Crippen LogP contribution in [0.2, 0.25) is 0 Å². The minimum Gasteiger partial charge on any atom is -0.459 e. The number of hydrogen-bond acceptors (Lipinski definition) is 5. The van der Waals surface area contributed by atoms with Crippen LogP contribution in [0.1, 0.15) is 36.8 Å². The number of aromatic nitrogens is 2. The Kier molecular flexibility index (Phi) is 4.33. The van der Waals surface area contributed by atoms with Gasteiger partial charge in [0.25, 0.3) is 6.02 Å². The number of nitrogens with zero attached hydrogens (tertiary/aromatic N) is 2.